The van der Waals surface area contributed by atoms with E-state index in [4.69, 9.17) is 11.6 Å². The standard InChI is InChI=1S/C15H11ClO3/c16-12-4-1-10(2-5-12)14(18)7-3-11-9-13(17)6-8-15(11)19/h1-9,17,19H/b7-3+. The average molecular weight is 275 g/mol. The second-order valence-electron chi connectivity index (χ2n) is 3.95. The monoisotopic (exact) mass is 274 g/mol. The molecule has 19 heavy (non-hydrogen) atoms. The number of aromatic hydroxyl groups is 2. The van der Waals surface area contributed by atoms with Gasteiger partial charge < -0.3 is 10.2 Å². The number of rotatable bonds is 3. The molecule has 0 bridgehead atoms. The van der Waals surface area contributed by atoms with Gasteiger partial charge >= 0.3 is 0 Å². The number of phenolic OH excluding ortho intramolecular Hbond substituents is 2. The van der Waals surface area contributed by atoms with Crippen molar-refractivity contribution in [2.75, 3.05) is 0 Å². The van der Waals surface area contributed by atoms with Gasteiger partial charge in [0.25, 0.3) is 0 Å². The highest BCUT2D eigenvalue weighted by atomic mass is 35.5. The molecule has 2 aromatic rings. The number of halogens is 1. The van der Waals surface area contributed by atoms with Gasteiger partial charge in [0, 0.05) is 16.1 Å². The van der Waals surface area contributed by atoms with Crippen LogP contribution in [0.3, 0.4) is 0 Å². The number of allylic oxidation sites excluding steroid dienone is 1. The maximum Gasteiger partial charge on any atom is 0.185 e. The topological polar surface area (TPSA) is 57.5 Å². The fourth-order valence-electron chi connectivity index (χ4n) is 1.55. The Bertz CT molecular complexity index is 630. The summed E-state index contributed by atoms with van der Waals surface area (Å²) in [5, 5.41) is 19.4. The zero-order chi connectivity index (χ0) is 13.8. The molecule has 2 N–H and O–H groups in total. The van der Waals surface area contributed by atoms with Crippen LogP contribution < -0.4 is 0 Å². The molecule has 0 aliphatic heterocycles. The van der Waals surface area contributed by atoms with Crippen LogP contribution >= 0.6 is 11.6 Å². The van der Waals surface area contributed by atoms with Crippen molar-refractivity contribution in [1.29, 1.82) is 0 Å². The van der Waals surface area contributed by atoms with Crippen molar-refractivity contribution in [3.63, 3.8) is 0 Å². The summed E-state index contributed by atoms with van der Waals surface area (Å²) < 4.78 is 0. The molecule has 2 rings (SSSR count). The van der Waals surface area contributed by atoms with E-state index in [0.717, 1.165) is 0 Å². The van der Waals surface area contributed by atoms with Gasteiger partial charge in [-0.05, 0) is 54.6 Å². The first-order chi connectivity index (χ1) is 9.06. The third-order valence-corrected chi connectivity index (χ3v) is 2.81. The zero-order valence-electron chi connectivity index (χ0n) is 9.88. The first-order valence-electron chi connectivity index (χ1n) is 5.56. The fraction of sp³-hybridized carbons (Fsp3) is 0. The van der Waals surface area contributed by atoms with Gasteiger partial charge in [-0.15, -0.1) is 0 Å². The van der Waals surface area contributed by atoms with Crippen molar-refractivity contribution >= 4 is 23.5 Å². The largest absolute Gasteiger partial charge is 0.508 e. The maximum absolute atomic E-state index is 11.9. The van der Waals surface area contributed by atoms with Gasteiger partial charge in [0.05, 0.1) is 0 Å². The molecule has 0 atom stereocenters. The van der Waals surface area contributed by atoms with E-state index in [9.17, 15) is 15.0 Å². The van der Waals surface area contributed by atoms with E-state index >= 15 is 0 Å². The van der Waals surface area contributed by atoms with Gasteiger partial charge in [0.1, 0.15) is 11.5 Å². The summed E-state index contributed by atoms with van der Waals surface area (Å²) in [4.78, 5) is 11.9. The third kappa shape index (κ3) is 3.36. The smallest absolute Gasteiger partial charge is 0.185 e. The second kappa shape index (κ2) is 5.59. The van der Waals surface area contributed by atoms with Crippen molar-refractivity contribution in [2.45, 2.75) is 0 Å². The zero-order valence-corrected chi connectivity index (χ0v) is 10.6. The van der Waals surface area contributed by atoms with E-state index in [2.05, 4.69) is 0 Å². The Balaban J connectivity index is 2.20. The summed E-state index contributed by atoms with van der Waals surface area (Å²) in [6.07, 6.45) is 2.78. The Morgan fingerprint density at radius 2 is 1.74 bits per heavy atom. The molecular formula is C15H11ClO3. The molecule has 0 radical (unpaired) electrons. The highest BCUT2D eigenvalue weighted by molar-refractivity contribution is 6.30. The van der Waals surface area contributed by atoms with Crippen LogP contribution in [0.2, 0.25) is 5.02 Å². The third-order valence-electron chi connectivity index (χ3n) is 2.55. The number of hydrogen-bond donors (Lipinski definition) is 2. The van der Waals surface area contributed by atoms with Crippen LogP contribution in [0.25, 0.3) is 6.08 Å². The molecule has 96 valence electrons. The fourth-order valence-corrected chi connectivity index (χ4v) is 1.68. The summed E-state index contributed by atoms with van der Waals surface area (Å²) in [5.41, 5.74) is 0.877. The lowest BCUT2D eigenvalue weighted by Crippen LogP contribution is -1.93. The van der Waals surface area contributed by atoms with Crippen LogP contribution in [0, 0.1) is 0 Å². The molecule has 0 aliphatic carbocycles. The number of benzene rings is 2. The molecule has 0 heterocycles. The predicted molar refractivity (Wildman–Crippen MR) is 74.6 cm³/mol. The summed E-state index contributed by atoms with van der Waals surface area (Å²) in [7, 11) is 0. The lowest BCUT2D eigenvalue weighted by Gasteiger charge is -2.00. The van der Waals surface area contributed by atoms with Crippen LogP contribution in [-0.4, -0.2) is 16.0 Å². The van der Waals surface area contributed by atoms with E-state index in [0.29, 0.717) is 16.1 Å². The van der Waals surface area contributed by atoms with Crippen molar-refractivity contribution in [1.82, 2.24) is 0 Å². The van der Waals surface area contributed by atoms with Gasteiger partial charge in [-0.3, -0.25) is 4.79 Å². The van der Waals surface area contributed by atoms with Crippen LogP contribution in [0.1, 0.15) is 15.9 Å². The molecule has 0 saturated carbocycles. The Morgan fingerprint density at radius 3 is 2.42 bits per heavy atom. The van der Waals surface area contributed by atoms with Crippen LogP contribution in [0.4, 0.5) is 0 Å². The first kappa shape index (κ1) is 13.2. The molecule has 3 nitrogen and oxygen atoms in total. The molecule has 2 aromatic carbocycles. The van der Waals surface area contributed by atoms with Crippen molar-refractivity contribution < 1.29 is 15.0 Å². The minimum atomic E-state index is -0.209. The number of ketones is 1. The van der Waals surface area contributed by atoms with Crippen molar-refractivity contribution in [2.24, 2.45) is 0 Å². The normalized spacial score (nSPS) is 10.8. The summed E-state index contributed by atoms with van der Waals surface area (Å²) in [6.45, 7) is 0. The highest BCUT2D eigenvalue weighted by Crippen LogP contribution is 2.23. The van der Waals surface area contributed by atoms with E-state index in [-0.39, 0.29) is 17.3 Å². The molecular weight excluding hydrogens is 264 g/mol. The quantitative estimate of drug-likeness (QED) is 0.510. The number of carbonyl (C=O) groups is 1. The Hall–Kier alpha value is -2.26. The van der Waals surface area contributed by atoms with E-state index in [1.165, 1.54) is 30.4 Å². The summed E-state index contributed by atoms with van der Waals surface area (Å²) in [6, 6.07) is 10.6. The predicted octanol–water partition coefficient (Wildman–Crippen LogP) is 3.65. The maximum atomic E-state index is 11.9. The SMILES string of the molecule is O=C(/C=C/c1cc(O)ccc1O)c1ccc(Cl)cc1. The molecule has 0 aliphatic rings. The van der Waals surface area contributed by atoms with E-state index in [1.807, 2.05) is 0 Å². The van der Waals surface area contributed by atoms with Gasteiger partial charge in [-0.2, -0.15) is 0 Å². The van der Waals surface area contributed by atoms with Gasteiger partial charge in [0.15, 0.2) is 5.78 Å². The Kier molecular flexibility index (Phi) is 3.88. The molecule has 0 aromatic heterocycles. The van der Waals surface area contributed by atoms with Crippen LogP contribution in [0.5, 0.6) is 11.5 Å². The first-order valence-corrected chi connectivity index (χ1v) is 5.94. The van der Waals surface area contributed by atoms with E-state index < -0.39 is 0 Å². The second-order valence-corrected chi connectivity index (χ2v) is 4.38. The lowest BCUT2D eigenvalue weighted by molar-refractivity contribution is 0.104. The Morgan fingerprint density at radius 1 is 1.05 bits per heavy atom. The Labute approximate surface area is 115 Å². The molecule has 0 spiro atoms. The molecule has 0 fully saturated rings. The van der Waals surface area contributed by atoms with Gasteiger partial charge in [-0.1, -0.05) is 11.6 Å². The summed E-state index contributed by atoms with van der Waals surface area (Å²) in [5.74, 6) is -0.186. The van der Waals surface area contributed by atoms with E-state index in [1.54, 1.807) is 24.3 Å². The average Bonchev–Trinajstić information content (AvgIpc) is 2.40. The molecule has 0 unspecified atom stereocenters. The van der Waals surface area contributed by atoms with Crippen LogP contribution in [-0.2, 0) is 0 Å². The lowest BCUT2D eigenvalue weighted by atomic mass is 10.1. The summed E-state index contributed by atoms with van der Waals surface area (Å²) >= 11 is 5.74. The minimum absolute atomic E-state index is 0.00189. The highest BCUT2D eigenvalue weighted by Gasteiger charge is 2.03. The number of phenols is 2. The van der Waals surface area contributed by atoms with Crippen LogP contribution in [0.15, 0.2) is 48.5 Å². The van der Waals surface area contributed by atoms with Crippen molar-refractivity contribution in [3.05, 3.63) is 64.7 Å². The number of carbonyl (C=O) groups excluding carboxylic acids is 1. The van der Waals surface area contributed by atoms with Gasteiger partial charge in [-0.25, -0.2) is 0 Å². The number of hydrogen-bond acceptors (Lipinski definition) is 3. The minimum Gasteiger partial charge on any atom is -0.508 e. The molecule has 0 saturated heterocycles. The molecule has 4 heteroatoms. The molecule has 0 amide bonds. The van der Waals surface area contributed by atoms with Crippen molar-refractivity contribution in [3.8, 4) is 11.5 Å². The van der Waals surface area contributed by atoms with Gasteiger partial charge in [0.2, 0.25) is 0 Å².